The van der Waals surface area contributed by atoms with E-state index in [4.69, 9.17) is 4.74 Å². The predicted octanol–water partition coefficient (Wildman–Crippen LogP) is 4.19. The smallest absolute Gasteiger partial charge is 0.410 e. The fourth-order valence-corrected chi connectivity index (χ4v) is 2.96. The molecule has 130 valence electrons. The molecule has 22 heavy (non-hydrogen) atoms. The van der Waals surface area contributed by atoms with Gasteiger partial charge in [0.1, 0.15) is 5.60 Å². The van der Waals surface area contributed by atoms with E-state index in [0.717, 1.165) is 31.8 Å². The van der Waals surface area contributed by atoms with Crippen LogP contribution in [0.3, 0.4) is 0 Å². The molecule has 3 unspecified atom stereocenters. The van der Waals surface area contributed by atoms with Crippen molar-refractivity contribution in [1.29, 1.82) is 0 Å². The zero-order valence-electron chi connectivity index (χ0n) is 15.4. The first-order valence-electron chi connectivity index (χ1n) is 8.96. The van der Waals surface area contributed by atoms with Crippen molar-refractivity contribution in [3.05, 3.63) is 0 Å². The van der Waals surface area contributed by atoms with E-state index in [9.17, 15) is 4.79 Å². The summed E-state index contributed by atoms with van der Waals surface area (Å²) in [6, 6.07) is 0.764. The Morgan fingerprint density at radius 1 is 1.32 bits per heavy atom. The lowest BCUT2D eigenvalue weighted by molar-refractivity contribution is 0.00963. The quantitative estimate of drug-likeness (QED) is 0.799. The monoisotopic (exact) mass is 312 g/mol. The van der Waals surface area contributed by atoms with E-state index in [-0.39, 0.29) is 12.1 Å². The van der Waals surface area contributed by atoms with E-state index in [1.54, 1.807) is 0 Å². The molecule has 0 aromatic heterocycles. The second-order valence-electron chi connectivity index (χ2n) is 7.88. The van der Waals surface area contributed by atoms with Gasteiger partial charge < -0.3 is 15.0 Å². The number of hydrogen-bond acceptors (Lipinski definition) is 3. The number of amides is 1. The summed E-state index contributed by atoms with van der Waals surface area (Å²) in [7, 11) is 0. The molecule has 0 saturated carbocycles. The first-order valence-corrected chi connectivity index (χ1v) is 8.96. The highest BCUT2D eigenvalue weighted by Gasteiger charge is 2.30. The molecule has 1 N–H and O–H groups in total. The Kier molecular flexibility index (Phi) is 7.67. The van der Waals surface area contributed by atoms with Crippen LogP contribution in [-0.2, 0) is 4.74 Å². The van der Waals surface area contributed by atoms with Crippen LogP contribution < -0.4 is 5.32 Å². The zero-order chi connectivity index (χ0) is 16.8. The van der Waals surface area contributed by atoms with Crippen molar-refractivity contribution in [3.8, 4) is 0 Å². The lowest BCUT2D eigenvalue weighted by Gasteiger charge is -2.37. The second kappa shape index (κ2) is 8.76. The molecule has 1 heterocycles. The van der Waals surface area contributed by atoms with Gasteiger partial charge in [0.25, 0.3) is 0 Å². The minimum Gasteiger partial charge on any atom is -0.444 e. The maximum absolute atomic E-state index is 12.4. The molecule has 3 atom stereocenters. The molecule has 4 heteroatoms. The normalized spacial score (nSPS) is 22.3. The van der Waals surface area contributed by atoms with E-state index in [1.165, 1.54) is 19.3 Å². The third-order valence-corrected chi connectivity index (χ3v) is 4.41. The Hall–Kier alpha value is -0.770. The molecule has 1 rings (SSSR count). The van der Waals surface area contributed by atoms with E-state index in [1.807, 2.05) is 25.7 Å². The summed E-state index contributed by atoms with van der Waals surface area (Å²) in [5.74, 6) is 0.746. The summed E-state index contributed by atoms with van der Waals surface area (Å²) in [4.78, 5) is 14.3. The van der Waals surface area contributed by atoms with Gasteiger partial charge in [-0.05, 0) is 59.3 Å². The molecule has 0 spiro atoms. The highest BCUT2D eigenvalue weighted by atomic mass is 16.6. The first-order chi connectivity index (χ1) is 10.2. The number of carbonyl (C=O) groups excluding carboxylic acids is 1. The summed E-state index contributed by atoms with van der Waals surface area (Å²) in [6.07, 6.45) is 5.61. The molecule has 1 amide bonds. The minimum atomic E-state index is -0.420. The standard InChI is InChI=1S/C18H36N2O2/c1-7-14(2)12-15(3)19-13-16-10-8-9-11-20(16)17(21)22-18(4,5)6/h14-16,19H,7-13H2,1-6H3. The molecule has 0 bridgehead atoms. The molecule has 0 radical (unpaired) electrons. The predicted molar refractivity (Wildman–Crippen MR) is 92.1 cm³/mol. The van der Waals surface area contributed by atoms with Crippen LogP contribution in [0.1, 0.15) is 73.6 Å². The fourth-order valence-electron chi connectivity index (χ4n) is 2.96. The number of hydrogen-bond donors (Lipinski definition) is 1. The van der Waals surface area contributed by atoms with Crippen LogP contribution >= 0.6 is 0 Å². The van der Waals surface area contributed by atoms with Gasteiger partial charge >= 0.3 is 6.09 Å². The molecule has 0 aromatic carbocycles. The Labute approximate surface area is 137 Å². The Morgan fingerprint density at radius 3 is 2.59 bits per heavy atom. The number of nitrogens with zero attached hydrogens (tertiary/aromatic N) is 1. The van der Waals surface area contributed by atoms with E-state index in [2.05, 4.69) is 26.1 Å². The van der Waals surface area contributed by atoms with E-state index in [0.29, 0.717) is 6.04 Å². The average Bonchev–Trinajstić information content (AvgIpc) is 2.43. The molecule has 1 aliphatic heterocycles. The van der Waals surface area contributed by atoms with Crippen LogP contribution in [0.5, 0.6) is 0 Å². The fraction of sp³-hybridized carbons (Fsp3) is 0.944. The lowest BCUT2D eigenvalue weighted by atomic mass is 9.99. The van der Waals surface area contributed by atoms with Crippen LogP contribution in [0, 0.1) is 5.92 Å². The van der Waals surface area contributed by atoms with Crippen LogP contribution in [0.15, 0.2) is 0 Å². The molecule has 1 saturated heterocycles. The van der Waals surface area contributed by atoms with Crippen molar-refractivity contribution in [2.24, 2.45) is 5.92 Å². The van der Waals surface area contributed by atoms with Gasteiger partial charge in [0.15, 0.2) is 0 Å². The highest BCUT2D eigenvalue weighted by Crippen LogP contribution is 2.20. The summed E-state index contributed by atoms with van der Waals surface area (Å²) >= 11 is 0. The summed E-state index contributed by atoms with van der Waals surface area (Å²) in [5, 5.41) is 3.62. The molecule has 1 aliphatic rings. The van der Waals surface area contributed by atoms with Crippen LogP contribution in [-0.4, -0.2) is 41.8 Å². The Morgan fingerprint density at radius 2 is 2.00 bits per heavy atom. The lowest BCUT2D eigenvalue weighted by Crippen LogP contribution is -2.51. The van der Waals surface area contributed by atoms with Gasteiger partial charge in [-0.2, -0.15) is 0 Å². The summed E-state index contributed by atoms with van der Waals surface area (Å²) < 4.78 is 5.56. The van der Waals surface area contributed by atoms with Crippen molar-refractivity contribution in [2.45, 2.75) is 91.3 Å². The van der Waals surface area contributed by atoms with Crippen molar-refractivity contribution < 1.29 is 9.53 Å². The van der Waals surface area contributed by atoms with Crippen LogP contribution in [0.25, 0.3) is 0 Å². The number of piperidine rings is 1. The van der Waals surface area contributed by atoms with Crippen molar-refractivity contribution in [2.75, 3.05) is 13.1 Å². The third-order valence-electron chi connectivity index (χ3n) is 4.41. The number of ether oxygens (including phenoxy) is 1. The van der Waals surface area contributed by atoms with Gasteiger partial charge in [0.2, 0.25) is 0 Å². The molecule has 0 aromatic rings. The molecular weight excluding hydrogens is 276 g/mol. The van der Waals surface area contributed by atoms with Gasteiger partial charge in [-0.3, -0.25) is 0 Å². The van der Waals surface area contributed by atoms with Gasteiger partial charge in [-0.1, -0.05) is 20.3 Å². The summed E-state index contributed by atoms with van der Waals surface area (Å²) in [6.45, 7) is 14.3. The topological polar surface area (TPSA) is 41.6 Å². The van der Waals surface area contributed by atoms with Gasteiger partial charge in [0.05, 0.1) is 0 Å². The van der Waals surface area contributed by atoms with Crippen molar-refractivity contribution in [3.63, 3.8) is 0 Å². The number of likely N-dealkylation sites (tertiary alicyclic amines) is 1. The zero-order valence-corrected chi connectivity index (χ0v) is 15.4. The molecule has 1 fully saturated rings. The van der Waals surface area contributed by atoms with Crippen molar-refractivity contribution in [1.82, 2.24) is 10.2 Å². The third kappa shape index (κ3) is 6.99. The molecule has 0 aliphatic carbocycles. The number of nitrogens with one attached hydrogen (secondary N) is 1. The molecule has 4 nitrogen and oxygen atoms in total. The summed E-state index contributed by atoms with van der Waals surface area (Å²) in [5.41, 5.74) is -0.420. The number of carbonyl (C=O) groups is 1. The molecular formula is C18H36N2O2. The second-order valence-corrected chi connectivity index (χ2v) is 7.88. The highest BCUT2D eigenvalue weighted by molar-refractivity contribution is 5.68. The maximum atomic E-state index is 12.4. The van der Waals surface area contributed by atoms with Gasteiger partial charge in [-0.25, -0.2) is 4.79 Å². The SMILES string of the molecule is CCC(C)CC(C)NCC1CCCCN1C(=O)OC(C)(C)C. The van der Waals surface area contributed by atoms with Gasteiger partial charge in [-0.15, -0.1) is 0 Å². The largest absolute Gasteiger partial charge is 0.444 e. The van der Waals surface area contributed by atoms with E-state index >= 15 is 0 Å². The van der Waals surface area contributed by atoms with Crippen LogP contribution in [0.2, 0.25) is 0 Å². The first kappa shape index (κ1) is 19.3. The van der Waals surface area contributed by atoms with Crippen molar-refractivity contribution >= 4 is 6.09 Å². The van der Waals surface area contributed by atoms with E-state index < -0.39 is 5.60 Å². The van der Waals surface area contributed by atoms with Gasteiger partial charge in [0, 0.05) is 25.2 Å². The van der Waals surface area contributed by atoms with Crippen LogP contribution in [0.4, 0.5) is 4.79 Å². The maximum Gasteiger partial charge on any atom is 0.410 e. The average molecular weight is 312 g/mol. The Bertz CT molecular complexity index is 338. The minimum absolute atomic E-state index is 0.159. The Balaban J connectivity index is 2.49. The number of rotatable bonds is 6.